The zero-order valence-electron chi connectivity index (χ0n) is 23.8. The Bertz CT molecular complexity index is 1620. The molecule has 0 saturated heterocycles. The lowest BCUT2D eigenvalue weighted by Crippen LogP contribution is -2.12. The molecular formula is C35H39NO. The van der Waals surface area contributed by atoms with Gasteiger partial charge in [-0.2, -0.15) is 0 Å². The van der Waals surface area contributed by atoms with Gasteiger partial charge in [-0.15, -0.1) is 0 Å². The van der Waals surface area contributed by atoms with Crippen LogP contribution in [-0.2, 0) is 11.8 Å². The fraction of sp³-hybridized carbons (Fsp3) is 0.343. The second-order valence-electron chi connectivity index (χ2n) is 12.2. The Morgan fingerprint density at radius 2 is 1.54 bits per heavy atom. The lowest BCUT2D eigenvalue weighted by molar-refractivity contribution is 0.575. The summed E-state index contributed by atoms with van der Waals surface area (Å²) >= 11 is 0. The summed E-state index contributed by atoms with van der Waals surface area (Å²) < 4.78 is 6.37. The molecule has 0 saturated carbocycles. The predicted molar refractivity (Wildman–Crippen MR) is 159 cm³/mol. The van der Waals surface area contributed by atoms with Gasteiger partial charge in [-0.1, -0.05) is 71.0 Å². The van der Waals surface area contributed by atoms with Crippen LogP contribution in [0.15, 0.2) is 59.0 Å². The van der Waals surface area contributed by atoms with Crippen LogP contribution in [0.25, 0.3) is 44.3 Å². The highest BCUT2D eigenvalue weighted by Gasteiger charge is 2.22. The van der Waals surface area contributed by atoms with Crippen LogP contribution in [0.2, 0.25) is 0 Å². The zero-order valence-corrected chi connectivity index (χ0v) is 23.8. The summed E-state index contributed by atoms with van der Waals surface area (Å²) in [5.41, 5.74) is 12.8. The highest BCUT2D eigenvalue weighted by atomic mass is 16.3. The summed E-state index contributed by atoms with van der Waals surface area (Å²) in [6.07, 6.45) is 1.09. The summed E-state index contributed by atoms with van der Waals surface area (Å²) in [6.45, 7) is 20.0. The van der Waals surface area contributed by atoms with Crippen LogP contribution < -0.4 is 0 Å². The molecule has 37 heavy (non-hydrogen) atoms. The normalized spacial score (nSPS) is 12.3. The highest BCUT2D eigenvalue weighted by Crippen LogP contribution is 2.41. The first-order valence-corrected chi connectivity index (χ1v) is 13.5. The summed E-state index contributed by atoms with van der Waals surface area (Å²) in [6, 6.07) is 20.3. The smallest absolute Gasteiger partial charge is 0.160 e. The molecular weight excluding hydrogens is 450 g/mol. The van der Waals surface area contributed by atoms with E-state index in [-0.39, 0.29) is 5.41 Å². The number of hydrogen-bond donors (Lipinski definition) is 0. The van der Waals surface area contributed by atoms with E-state index in [1.54, 1.807) is 0 Å². The van der Waals surface area contributed by atoms with Crippen LogP contribution in [0.1, 0.15) is 68.2 Å². The maximum Gasteiger partial charge on any atom is 0.160 e. The first-order valence-electron chi connectivity index (χ1n) is 13.5. The number of hydrogen-bond acceptors (Lipinski definition) is 2. The molecule has 0 aliphatic rings. The van der Waals surface area contributed by atoms with Gasteiger partial charge in [-0.3, -0.25) is 0 Å². The molecule has 0 N–H and O–H groups in total. The number of aryl methyl sites for hydroxylation is 4. The van der Waals surface area contributed by atoms with Crippen LogP contribution >= 0.6 is 0 Å². The zero-order chi connectivity index (χ0) is 26.6. The molecule has 190 valence electrons. The van der Waals surface area contributed by atoms with Crippen LogP contribution in [0.4, 0.5) is 0 Å². The van der Waals surface area contributed by atoms with Crippen molar-refractivity contribution in [2.24, 2.45) is 5.92 Å². The van der Waals surface area contributed by atoms with E-state index in [4.69, 9.17) is 9.40 Å². The van der Waals surface area contributed by atoms with Crippen molar-refractivity contribution in [1.82, 2.24) is 4.98 Å². The van der Waals surface area contributed by atoms with Crippen LogP contribution in [-0.4, -0.2) is 4.98 Å². The molecule has 0 amide bonds. The molecule has 0 radical (unpaired) electrons. The number of aromatic nitrogens is 1. The molecule has 2 aromatic heterocycles. The van der Waals surface area contributed by atoms with Gasteiger partial charge >= 0.3 is 0 Å². The number of rotatable bonds is 4. The van der Waals surface area contributed by atoms with Gasteiger partial charge in [0.25, 0.3) is 0 Å². The summed E-state index contributed by atoms with van der Waals surface area (Å²) in [5, 5.41) is 2.56. The Hall–Kier alpha value is -3.39. The van der Waals surface area contributed by atoms with Crippen molar-refractivity contribution < 1.29 is 4.42 Å². The summed E-state index contributed by atoms with van der Waals surface area (Å²) in [5.74, 6) is 1.56. The molecule has 0 atom stereocenters. The summed E-state index contributed by atoms with van der Waals surface area (Å²) in [4.78, 5) is 5.20. The van der Waals surface area contributed by atoms with Crippen molar-refractivity contribution in [1.29, 1.82) is 0 Å². The van der Waals surface area contributed by atoms with Gasteiger partial charge in [0.15, 0.2) is 5.58 Å². The second-order valence-corrected chi connectivity index (χ2v) is 12.2. The SMILES string of the molecule is Cc1cc(CC(C)C)cc(C)c1-c1cc(-c2cc(C(C)(C)C)c3ccccc3c2)nc2c(C)c(C)oc12. The minimum atomic E-state index is 0.0180. The van der Waals surface area contributed by atoms with Gasteiger partial charge in [-0.25, -0.2) is 4.98 Å². The van der Waals surface area contributed by atoms with E-state index in [0.717, 1.165) is 45.7 Å². The maximum absolute atomic E-state index is 6.37. The second kappa shape index (κ2) is 9.17. The lowest BCUT2D eigenvalue weighted by atomic mass is 9.82. The largest absolute Gasteiger partial charge is 0.459 e. The molecule has 0 aliphatic carbocycles. The van der Waals surface area contributed by atoms with E-state index < -0.39 is 0 Å². The predicted octanol–water partition coefficient (Wildman–Crippen LogP) is 10.0. The molecule has 2 nitrogen and oxygen atoms in total. The van der Waals surface area contributed by atoms with Crippen LogP contribution in [0.5, 0.6) is 0 Å². The van der Waals surface area contributed by atoms with Crippen molar-refractivity contribution >= 4 is 21.9 Å². The molecule has 0 unspecified atom stereocenters. The third kappa shape index (κ3) is 4.59. The van der Waals surface area contributed by atoms with Crippen molar-refractivity contribution in [3.63, 3.8) is 0 Å². The van der Waals surface area contributed by atoms with E-state index in [1.165, 1.54) is 38.6 Å². The Kier molecular flexibility index (Phi) is 6.26. The van der Waals surface area contributed by atoms with Gasteiger partial charge in [-0.05, 0) is 102 Å². The molecule has 2 heteroatoms. The number of benzene rings is 3. The Labute approximate surface area is 221 Å². The van der Waals surface area contributed by atoms with Crippen LogP contribution in [0, 0.1) is 33.6 Å². The number of pyridine rings is 1. The van der Waals surface area contributed by atoms with E-state index in [1.807, 2.05) is 6.92 Å². The maximum atomic E-state index is 6.37. The van der Waals surface area contributed by atoms with Crippen LogP contribution in [0.3, 0.4) is 0 Å². The monoisotopic (exact) mass is 489 g/mol. The molecule has 0 bridgehead atoms. The third-order valence-electron chi connectivity index (χ3n) is 7.58. The van der Waals surface area contributed by atoms with Crippen molar-refractivity contribution in [3.8, 4) is 22.4 Å². The molecule has 5 aromatic rings. The fourth-order valence-corrected chi connectivity index (χ4v) is 5.77. The average Bonchev–Trinajstić information content (AvgIpc) is 3.10. The molecule has 0 fully saturated rings. The van der Waals surface area contributed by atoms with E-state index in [9.17, 15) is 0 Å². The van der Waals surface area contributed by atoms with E-state index >= 15 is 0 Å². The summed E-state index contributed by atoms with van der Waals surface area (Å²) in [7, 11) is 0. The molecule has 0 aliphatic heterocycles. The third-order valence-corrected chi connectivity index (χ3v) is 7.58. The van der Waals surface area contributed by atoms with Crippen molar-refractivity contribution in [2.75, 3.05) is 0 Å². The molecule has 2 heterocycles. The highest BCUT2D eigenvalue weighted by molar-refractivity contribution is 5.98. The molecule has 5 rings (SSSR count). The Morgan fingerprint density at radius 1 is 0.865 bits per heavy atom. The topological polar surface area (TPSA) is 26.0 Å². The fourth-order valence-electron chi connectivity index (χ4n) is 5.77. The first kappa shape index (κ1) is 25.3. The number of furan rings is 1. The van der Waals surface area contributed by atoms with Gasteiger partial charge in [0.05, 0.1) is 5.69 Å². The van der Waals surface area contributed by atoms with Gasteiger partial charge in [0.2, 0.25) is 0 Å². The Balaban J connectivity index is 1.81. The van der Waals surface area contributed by atoms with Gasteiger partial charge in [0, 0.05) is 16.7 Å². The average molecular weight is 490 g/mol. The van der Waals surface area contributed by atoms with Gasteiger partial charge in [0.1, 0.15) is 11.3 Å². The van der Waals surface area contributed by atoms with Gasteiger partial charge < -0.3 is 4.42 Å². The standard InChI is InChI=1S/C35H39NO/c1-20(2)14-25-15-21(3)32(22(4)16-25)29-19-31(36-33-23(5)24(6)37-34(29)33)27-17-26-12-10-11-13-28(26)30(18-27)35(7,8)9/h10-13,15-20H,14H2,1-9H3. The number of nitrogens with zero attached hydrogens (tertiary/aromatic N) is 1. The van der Waals surface area contributed by atoms with Crippen molar-refractivity contribution in [3.05, 3.63) is 88.2 Å². The molecule has 3 aromatic carbocycles. The van der Waals surface area contributed by atoms with Crippen molar-refractivity contribution in [2.45, 2.75) is 74.1 Å². The number of fused-ring (bicyclic) bond motifs is 2. The van der Waals surface area contributed by atoms with E-state index in [2.05, 4.69) is 110 Å². The molecule has 0 spiro atoms. The minimum Gasteiger partial charge on any atom is -0.459 e. The lowest BCUT2D eigenvalue weighted by Gasteiger charge is -2.23. The minimum absolute atomic E-state index is 0.0180. The quantitative estimate of drug-likeness (QED) is 0.251. The Morgan fingerprint density at radius 3 is 2.19 bits per heavy atom. The first-order chi connectivity index (χ1) is 17.4. The van der Waals surface area contributed by atoms with E-state index in [0.29, 0.717) is 5.92 Å².